The molecule has 0 amide bonds. The molecular formula is C14H20N2O3Si. The van der Waals surface area contributed by atoms with Crippen molar-refractivity contribution in [1.82, 2.24) is 10.2 Å². The second kappa shape index (κ2) is 5.76. The van der Waals surface area contributed by atoms with E-state index in [1.165, 1.54) is 0 Å². The fourth-order valence-corrected chi connectivity index (χ4v) is 2.74. The van der Waals surface area contributed by atoms with Crippen molar-refractivity contribution in [2.45, 2.75) is 32.3 Å². The minimum Gasteiger partial charge on any atom is -0.476 e. The number of aromatic nitrogens is 2. The number of nitrogens with one attached hydrogen (secondary N) is 1. The molecule has 20 heavy (non-hydrogen) atoms. The summed E-state index contributed by atoms with van der Waals surface area (Å²) in [5, 5.41) is 16.4. The number of carboxylic acids is 1. The Balaban J connectivity index is 2.13. The van der Waals surface area contributed by atoms with Gasteiger partial charge in [-0.3, -0.25) is 5.10 Å². The number of hydrogen-bond donors (Lipinski definition) is 2. The van der Waals surface area contributed by atoms with Gasteiger partial charge in [0.2, 0.25) is 0 Å². The lowest BCUT2D eigenvalue weighted by Gasteiger charge is -2.15. The molecule has 0 aliphatic heterocycles. The number of ether oxygens (including phenoxy) is 1. The van der Waals surface area contributed by atoms with Crippen LogP contribution in [-0.4, -0.2) is 36.0 Å². The summed E-state index contributed by atoms with van der Waals surface area (Å²) >= 11 is 0. The molecule has 6 heteroatoms. The van der Waals surface area contributed by atoms with Gasteiger partial charge in [-0.1, -0.05) is 31.8 Å². The molecule has 1 aromatic carbocycles. The van der Waals surface area contributed by atoms with Crippen LogP contribution in [0.15, 0.2) is 18.2 Å². The molecule has 0 spiro atoms. The molecule has 2 N–H and O–H groups in total. The van der Waals surface area contributed by atoms with E-state index in [1.54, 1.807) is 0 Å². The number of hydrogen-bond acceptors (Lipinski definition) is 3. The summed E-state index contributed by atoms with van der Waals surface area (Å²) in [5.74, 6) is -1.02. The van der Waals surface area contributed by atoms with Gasteiger partial charge in [0, 0.05) is 20.1 Å². The Hall–Kier alpha value is -1.66. The van der Waals surface area contributed by atoms with Crippen molar-refractivity contribution in [3.63, 3.8) is 0 Å². The van der Waals surface area contributed by atoms with Crippen LogP contribution in [0, 0.1) is 0 Å². The van der Waals surface area contributed by atoms with Gasteiger partial charge in [-0.05, 0) is 17.7 Å². The number of fused-ring (bicyclic) bond motifs is 1. The van der Waals surface area contributed by atoms with E-state index in [0.717, 1.165) is 17.1 Å². The topological polar surface area (TPSA) is 75.2 Å². The van der Waals surface area contributed by atoms with E-state index in [0.29, 0.717) is 18.6 Å². The third-order valence-corrected chi connectivity index (χ3v) is 4.84. The molecule has 1 aromatic heterocycles. The number of aromatic amines is 1. The van der Waals surface area contributed by atoms with E-state index >= 15 is 0 Å². The predicted octanol–water partition coefficient (Wildman–Crippen LogP) is 3.12. The van der Waals surface area contributed by atoms with Gasteiger partial charge in [0.15, 0.2) is 5.69 Å². The molecule has 0 bridgehead atoms. The highest BCUT2D eigenvalue weighted by Crippen LogP contribution is 2.22. The average molecular weight is 292 g/mol. The number of carboxylic acid groups (broad SMARTS) is 1. The van der Waals surface area contributed by atoms with Crippen LogP contribution in [0.5, 0.6) is 0 Å². The van der Waals surface area contributed by atoms with Crippen molar-refractivity contribution in [2.75, 3.05) is 6.61 Å². The Morgan fingerprint density at radius 1 is 1.40 bits per heavy atom. The van der Waals surface area contributed by atoms with Crippen LogP contribution in [0.2, 0.25) is 25.7 Å². The molecule has 1 heterocycles. The zero-order chi connectivity index (χ0) is 14.8. The molecule has 0 fully saturated rings. The molecule has 0 saturated carbocycles. The summed E-state index contributed by atoms with van der Waals surface area (Å²) in [6.07, 6.45) is 0. The first kappa shape index (κ1) is 14.7. The summed E-state index contributed by atoms with van der Waals surface area (Å²) < 4.78 is 5.71. The molecule has 0 aliphatic rings. The smallest absolute Gasteiger partial charge is 0.357 e. The lowest BCUT2D eigenvalue weighted by Crippen LogP contribution is -2.21. The Labute approximate surface area is 119 Å². The normalized spacial score (nSPS) is 11.9. The number of benzene rings is 1. The van der Waals surface area contributed by atoms with Gasteiger partial charge in [0.05, 0.1) is 12.1 Å². The Kier molecular flexibility index (Phi) is 4.25. The third-order valence-electron chi connectivity index (χ3n) is 3.13. The quantitative estimate of drug-likeness (QED) is 0.633. The molecule has 5 nitrogen and oxygen atoms in total. The lowest BCUT2D eigenvalue weighted by atomic mass is 10.1. The average Bonchev–Trinajstić information content (AvgIpc) is 2.78. The van der Waals surface area contributed by atoms with Crippen LogP contribution in [0.4, 0.5) is 0 Å². The highest BCUT2D eigenvalue weighted by molar-refractivity contribution is 6.76. The van der Waals surface area contributed by atoms with Gasteiger partial charge in [-0.2, -0.15) is 5.10 Å². The van der Waals surface area contributed by atoms with Crippen molar-refractivity contribution in [3.8, 4) is 0 Å². The van der Waals surface area contributed by atoms with Crippen LogP contribution >= 0.6 is 0 Å². The molecule has 2 aromatic rings. The molecule has 2 rings (SSSR count). The minimum atomic E-state index is -1.10. The molecule has 0 aliphatic carbocycles. The van der Waals surface area contributed by atoms with Crippen molar-refractivity contribution in [2.24, 2.45) is 0 Å². The monoisotopic (exact) mass is 292 g/mol. The highest BCUT2D eigenvalue weighted by atomic mass is 28.3. The Bertz CT molecular complexity index is 616. The maximum absolute atomic E-state index is 11.2. The van der Waals surface area contributed by atoms with Gasteiger partial charge >= 0.3 is 5.97 Å². The fraction of sp³-hybridized carbons (Fsp3) is 0.429. The number of nitrogens with zero attached hydrogens (tertiary/aromatic N) is 1. The van der Waals surface area contributed by atoms with Crippen molar-refractivity contribution in [3.05, 3.63) is 29.5 Å². The molecule has 0 unspecified atom stereocenters. The summed E-state index contributed by atoms with van der Waals surface area (Å²) in [6, 6.07) is 6.68. The lowest BCUT2D eigenvalue weighted by molar-refractivity contribution is 0.0692. The molecule has 0 atom stereocenters. The molecular weight excluding hydrogens is 272 g/mol. The minimum absolute atomic E-state index is 0.0596. The van der Waals surface area contributed by atoms with Crippen LogP contribution in [0.1, 0.15) is 16.1 Å². The van der Waals surface area contributed by atoms with E-state index in [4.69, 9.17) is 9.84 Å². The van der Waals surface area contributed by atoms with E-state index in [1.807, 2.05) is 18.2 Å². The maximum atomic E-state index is 11.2. The SMILES string of the molecule is C[Si](C)(C)CCOCc1cccc2[nH]nc(C(=O)O)c12. The maximum Gasteiger partial charge on any atom is 0.357 e. The summed E-state index contributed by atoms with van der Waals surface area (Å²) in [5.41, 5.74) is 1.65. The first-order chi connectivity index (χ1) is 9.38. The van der Waals surface area contributed by atoms with Crippen molar-refractivity contribution >= 4 is 24.9 Å². The fourth-order valence-electron chi connectivity index (χ4n) is 1.98. The standard InChI is InChI=1S/C14H20N2O3Si/c1-20(2,3)8-7-19-9-10-5-4-6-11-12(10)13(14(17)18)16-15-11/h4-6H,7-9H2,1-3H3,(H,15,16)(H,17,18). The number of aromatic carboxylic acids is 1. The second-order valence-corrected chi connectivity index (χ2v) is 11.7. The Morgan fingerprint density at radius 2 is 2.15 bits per heavy atom. The van der Waals surface area contributed by atoms with Crippen LogP contribution in [0.3, 0.4) is 0 Å². The zero-order valence-electron chi connectivity index (χ0n) is 12.1. The number of H-pyrrole nitrogens is 1. The van der Waals surface area contributed by atoms with Crippen molar-refractivity contribution < 1.29 is 14.6 Å². The van der Waals surface area contributed by atoms with Gasteiger partial charge in [0.25, 0.3) is 0 Å². The van der Waals surface area contributed by atoms with Crippen LogP contribution in [-0.2, 0) is 11.3 Å². The number of carbonyl (C=O) groups is 1. The second-order valence-electron chi connectivity index (χ2n) is 6.08. The summed E-state index contributed by atoms with van der Waals surface area (Å²) in [4.78, 5) is 11.2. The van der Waals surface area contributed by atoms with Gasteiger partial charge < -0.3 is 9.84 Å². The largest absolute Gasteiger partial charge is 0.476 e. The van der Waals surface area contributed by atoms with Gasteiger partial charge in [-0.15, -0.1) is 0 Å². The van der Waals surface area contributed by atoms with Gasteiger partial charge in [0.1, 0.15) is 0 Å². The zero-order valence-corrected chi connectivity index (χ0v) is 13.1. The summed E-state index contributed by atoms with van der Waals surface area (Å²) in [7, 11) is -1.10. The third kappa shape index (κ3) is 3.46. The van der Waals surface area contributed by atoms with E-state index in [2.05, 4.69) is 29.8 Å². The van der Waals surface area contributed by atoms with Crippen LogP contribution in [0.25, 0.3) is 10.9 Å². The molecule has 0 saturated heterocycles. The van der Waals surface area contributed by atoms with E-state index in [9.17, 15) is 4.79 Å². The first-order valence-electron chi connectivity index (χ1n) is 6.65. The summed E-state index contributed by atoms with van der Waals surface area (Å²) in [6.45, 7) is 8.04. The van der Waals surface area contributed by atoms with Crippen molar-refractivity contribution in [1.29, 1.82) is 0 Å². The Morgan fingerprint density at radius 3 is 2.80 bits per heavy atom. The number of rotatable bonds is 6. The van der Waals surface area contributed by atoms with E-state index in [-0.39, 0.29) is 5.69 Å². The predicted molar refractivity (Wildman–Crippen MR) is 80.9 cm³/mol. The van der Waals surface area contributed by atoms with E-state index < -0.39 is 14.0 Å². The highest BCUT2D eigenvalue weighted by Gasteiger charge is 2.16. The van der Waals surface area contributed by atoms with Gasteiger partial charge in [-0.25, -0.2) is 4.79 Å². The molecule has 0 radical (unpaired) electrons. The molecule has 108 valence electrons. The first-order valence-corrected chi connectivity index (χ1v) is 10.4. The van der Waals surface area contributed by atoms with Crippen LogP contribution < -0.4 is 0 Å².